The maximum atomic E-state index is 12.7. The van der Waals surface area contributed by atoms with Crippen molar-refractivity contribution in [1.29, 1.82) is 0 Å². The van der Waals surface area contributed by atoms with E-state index in [9.17, 15) is 4.79 Å². The number of hydrogen-bond acceptors (Lipinski definition) is 6. The SMILES string of the molecule is O=C(C1CN(c2nc3ccccc3s2)CCO1)N1CCSCC1. The summed E-state index contributed by atoms with van der Waals surface area (Å²) in [7, 11) is 0. The second-order valence-corrected chi connectivity index (χ2v) is 7.94. The van der Waals surface area contributed by atoms with Crippen LogP contribution in [0.2, 0.25) is 0 Å². The van der Waals surface area contributed by atoms with Crippen molar-refractivity contribution in [3.63, 3.8) is 0 Å². The molecule has 1 unspecified atom stereocenters. The summed E-state index contributed by atoms with van der Waals surface area (Å²) in [6.07, 6.45) is -0.362. The van der Waals surface area contributed by atoms with Gasteiger partial charge in [-0.05, 0) is 12.1 Å². The first-order chi connectivity index (χ1) is 11.3. The molecule has 1 atom stereocenters. The average Bonchev–Trinajstić information content (AvgIpc) is 3.06. The third-order valence-electron chi connectivity index (χ3n) is 4.22. The predicted octanol–water partition coefficient (Wildman–Crippen LogP) is 2.08. The van der Waals surface area contributed by atoms with E-state index in [1.54, 1.807) is 11.3 Å². The van der Waals surface area contributed by atoms with Gasteiger partial charge < -0.3 is 14.5 Å². The molecule has 0 aliphatic carbocycles. The van der Waals surface area contributed by atoms with E-state index in [2.05, 4.69) is 11.0 Å². The number of ether oxygens (including phenoxy) is 1. The normalized spacial score (nSPS) is 22.5. The van der Waals surface area contributed by atoms with Crippen molar-refractivity contribution in [2.45, 2.75) is 6.10 Å². The molecular weight excluding hydrogens is 330 g/mol. The highest BCUT2D eigenvalue weighted by Gasteiger charge is 2.32. The van der Waals surface area contributed by atoms with Gasteiger partial charge in [0.25, 0.3) is 5.91 Å². The van der Waals surface area contributed by atoms with Crippen LogP contribution in [0.3, 0.4) is 0 Å². The van der Waals surface area contributed by atoms with Crippen molar-refractivity contribution in [2.75, 3.05) is 49.2 Å². The smallest absolute Gasteiger partial charge is 0.253 e. The number of morpholine rings is 1. The topological polar surface area (TPSA) is 45.7 Å². The average molecular weight is 349 g/mol. The summed E-state index contributed by atoms with van der Waals surface area (Å²) < 4.78 is 6.94. The number of aromatic nitrogens is 1. The van der Waals surface area contributed by atoms with Gasteiger partial charge in [0, 0.05) is 31.1 Å². The van der Waals surface area contributed by atoms with Gasteiger partial charge >= 0.3 is 0 Å². The molecule has 1 aromatic heterocycles. The van der Waals surface area contributed by atoms with E-state index in [1.165, 1.54) is 4.70 Å². The highest BCUT2D eigenvalue weighted by Crippen LogP contribution is 2.29. The molecule has 2 aromatic rings. The zero-order valence-electron chi connectivity index (χ0n) is 12.8. The number of rotatable bonds is 2. The van der Waals surface area contributed by atoms with Crippen LogP contribution in [0.4, 0.5) is 5.13 Å². The standard InChI is InChI=1S/C16H19N3O2S2/c20-15(18-6-9-22-10-7-18)13-11-19(5-8-21-13)16-17-12-3-1-2-4-14(12)23-16/h1-4,13H,5-11H2. The molecule has 4 rings (SSSR count). The van der Waals surface area contributed by atoms with E-state index in [4.69, 9.17) is 9.72 Å². The van der Waals surface area contributed by atoms with Crippen molar-refractivity contribution >= 4 is 44.4 Å². The molecule has 1 amide bonds. The number of fused-ring (bicyclic) bond motifs is 1. The molecule has 122 valence electrons. The molecule has 0 spiro atoms. The molecule has 0 saturated carbocycles. The Morgan fingerprint density at radius 3 is 2.87 bits per heavy atom. The Balaban J connectivity index is 1.48. The summed E-state index contributed by atoms with van der Waals surface area (Å²) in [6.45, 7) is 3.64. The first-order valence-corrected chi connectivity index (χ1v) is 9.87. The van der Waals surface area contributed by atoms with E-state index in [0.29, 0.717) is 13.2 Å². The zero-order valence-corrected chi connectivity index (χ0v) is 14.4. The van der Waals surface area contributed by atoms with Gasteiger partial charge in [-0.1, -0.05) is 23.5 Å². The Kier molecular flexibility index (Phi) is 4.41. The Hall–Kier alpha value is -1.31. The van der Waals surface area contributed by atoms with Crippen LogP contribution < -0.4 is 4.90 Å². The lowest BCUT2D eigenvalue weighted by Gasteiger charge is -2.35. The molecule has 5 nitrogen and oxygen atoms in total. The molecule has 7 heteroatoms. The van der Waals surface area contributed by atoms with Crippen LogP contribution in [0.1, 0.15) is 0 Å². The fourth-order valence-electron chi connectivity index (χ4n) is 2.96. The maximum Gasteiger partial charge on any atom is 0.253 e. The van der Waals surface area contributed by atoms with Crippen molar-refractivity contribution in [2.24, 2.45) is 0 Å². The number of benzene rings is 1. The minimum Gasteiger partial charge on any atom is -0.365 e. The van der Waals surface area contributed by atoms with E-state index >= 15 is 0 Å². The number of amides is 1. The summed E-state index contributed by atoms with van der Waals surface area (Å²) in [6, 6.07) is 8.16. The number of carbonyl (C=O) groups excluding carboxylic acids is 1. The maximum absolute atomic E-state index is 12.7. The van der Waals surface area contributed by atoms with Crippen LogP contribution in [-0.4, -0.2) is 66.2 Å². The third kappa shape index (κ3) is 3.18. The van der Waals surface area contributed by atoms with Gasteiger partial charge in [-0.25, -0.2) is 4.98 Å². The van der Waals surface area contributed by atoms with Gasteiger partial charge in [-0.15, -0.1) is 0 Å². The van der Waals surface area contributed by atoms with Gasteiger partial charge in [0.2, 0.25) is 0 Å². The lowest BCUT2D eigenvalue weighted by Crippen LogP contribution is -2.52. The van der Waals surface area contributed by atoms with Crippen molar-refractivity contribution in [3.8, 4) is 0 Å². The van der Waals surface area contributed by atoms with Crippen molar-refractivity contribution < 1.29 is 9.53 Å². The summed E-state index contributed by atoms with van der Waals surface area (Å²) in [4.78, 5) is 21.5. The van der Waals surface area contributed by atoms with Crippen molar-refractivity contribution in [1.82, 2.24) is 9.88 Å². The lowest BCUT2D eigenvalue weighted by atomic mass is 10.2. The first-order valence-electron chi connectivity index (χ1n) is 7.90. The molecular formula is C16H19N3O2S2. The minimum atomic E-state index is -0.362. The third-order valence-corrected chi connectivity index (χ3v) is 6.26. The molecule has 2 saturated heterocycles. The number of thiazole rings is 1. The Morgan fingerprint density at radius 1 is 1.22 bits per heavy atom. The molecule has 0 bridgehead atoms. The molecule has 2 aliphatic rings. The van der Waals surface area contributed by atoms with Crippen molar-refractivity contribution in [3.05, 3.63) is 24.3 Å². The van der Waals surface area contributed by atoms with Gasteiger partial charge in [0.15, 0.2) is 11.2 Å². The van der Waals surface area contributed by atoms with Crippen LogP contribution in [0, 0.1) is 0 Å². The highest BCUT2D eigenvalue weighted by atomic mass is 32.2. The number of anilines is 1. The lowest BCUT2D eigenvalue weighted by molar-refractivity contribution is -0.144. The second kappa shape index (κ2) is 6.67. The zero-order chi connectivity index (χ0) is 15.6. The Labute approximate surface area is 143 Å². The fourth-order valence-corrected chi connectivity index (χ4v) is 4.86. The molecule has 1 aromatic carbocycles. The van der Waals surface area contributed by atoms with Crippen LogP contribution in [0.5, 0.6) is 0 Å². The van der Waals surface area contributed by atoms with E-state index < -0.39 is 0 Å². The van der Waals surface area contributed by atoms with Gasteiger partial charge in [-0.3, -0.25) is 4.79 Å². The minimum absolute atomic E-state index is 0.135. The quantitative estimate of drug-likeness (QED) is 0.831. The number of thioether (sulfide) groups is 1. The van der Waals surface area contributed by atoms with Crippen LogP contribution in [0.25, 0.3) is 10.2 Å². The van der Waals surface area contributed by atoms with E-state index in [1.807, 2.05) is 34.9 Å². The number of hydrogen-bond donors (Lipinski definition) is 0. The molecule has 0 N–H and O–H groups in total. The van der Waals surface area contributed by atoms with Crippen LogP contribution >= 0.6 is 23.1 Å². The first kappa shape index (κ1) is 15.2. The summed E-state index contributed by atoms with van der Waals surface area (Å²) in [5, 5.41) is 0.987. The molecule has 0 radical (unpaired) electrons. The van der Waals surface area contributed by atoms with Crippen LogP contribution in [0.15, 0.2) is 24.3 Å². The van der Waals surface area contributed by atoms with E-state index in [-0.39, 0.29) is 12.0 Å². The van der Waals surface area contributed by atoms with Gasteiger partial charge in [0.1, 0.15) is 0 Å². The number of nitrogens with zero attached hydrogens (tertiary/aromatic N) is 3. The molecule has 2 fully saturated rings. The summed E-state index contributed by atoms with van der Waals surface area (Å²) >= 11 is 3.59. The predicted molar refractivity (Wildman–Crippen MR) is 95.5 cm³/mol. The highest BCUT2D eigenvalue weighted by molar-refractivity contribution is 7.99. The molecule has 23 heavy (non-hydrogen) atoms. The fraction of sp³-hybridized carbons (Fsp3) is 0.500. The van der Waals surface area contributed by atoms with Gasteiger partial charge in [0.05, 0.1) is 23.4 Å². The van der Waals surface area contributed by atoms with Gasteiger partial charge in [-0.2, -0.15) is 11.8 Å². The largest absolute Gasteiger partial charge is 0.365 e. The number of carbonyl (C=O) groups is 1. The monoisotopic (exact) mass is 349 g/mol. The summed E-state index contributed by atoms with van der Waals surface area (Å²) in [5.74, 6) is 2.19. The molecule has 3 heterocycles. The number of para-hydroxylation sites is 1. The van der Waals surface area contributed by atoms with Crippen LogP contribution in [-0.2, 0) is 9.53 Å². The van der Waals surface area contributed by atoms with E-state index in [0.717, 1.165) is 41.8 Å². The second-order valence-electron chi connectivity index (χ2n) is 5.71. The summed E-state index contributed by atoms with van der Waals surface area (Å²) in [5.41, 5.74) is 1.02. The molecule has 2 aliphatic heterocycles. The Morgan fingerprint density at radius 2 is 2.04 bits per heavy atom. The Bertz CT molecular complexity index is 666.